The monoisotopic (exact) mass is 368 g/mol. The number of ketones is 1. The highest BCUT2D eigenvalue weighted by molar-refractivity contribution is 6.23. The van der Waals surface area contributed by atoms with Crippen LogP contribution in [0.1, 0.15) is 61.8 Å². The van der Waals surface area contributed by atoms with Crippen LogP contribution in [0.3, 0.4) is 0 Å². The van der Waals surface area contributed by atoms with Crippen molar-refractivity contribution in [2.45, 2.75) is 59.3 Å². The Labute approximate surface area is 163 Å². The Morgan fingerprint density at radius 2 is 1.78 bits per heavy atom. The van der Waals surface area contributed by atoms with Crippen molar-refractivity contribution in [3.63, 3.8) is 0 Å². The van der Waals surface area contributed by atoms with Gasteiger partial charge in [-0.1, -0.05) is 44.2 Å². The fourth-order valence-corrected chi connectivity index (χ4v) is 4.62. The first-order valence-electron chi connectivity index (χ1n) is 10.2. The standard InChI is InChI=1S/C24H32O3/c1-5-10-27-21-16-24(8-11-26-12-9-24)15-20(25)23(21)22-18(6-2)13-17(4)14-19(22)7-3/h5,13-14H,1,6-12,15-16H2,2-4H3. The van der Waals surface area contributed by atoms with Gasteiger partial charge >= 0.3 is 0 Å². The predicted molar refractivity (Wildman–Crippen MR) is 110 cm³/mol. The summed E-state index contributed by atoms with van der Waals surface area (Å²) in [4.78, 5) is 13.5. The van der Waals surface area contributed by atoms with E-state index >= 15 is 0 Å². The summed E-state index contributed by atoms with van der Waals surface area (Å²) in [5.41, 5.74) is 5.69. The van der Waals surface area contributed by atoms with Gasteiger partial charge in [0.2, 0.25) is 0 Å². The molecule has 146 valence electrons. The number of benzene rings is 1. The smallest absolute Gasteiger partial charge is 0.167 e. The van der Waals surface area contributed by atoms with Gasteiger partial charge in [-0.25, -0.2) is 0 Å². The Balaban J connectivity index is 2.15. The third kappa shape index (κ3) is 4.03. The van der Waals surface area contributed by atoms with Crippen LogP contribution in [-0.2, 0) is 27.1 Å². The van der Waals surface area contributed by atoms with Crippen LogP contribution in [-0.4, -0.2) is 25.6 Å². The van der Waals surface area contributed by atoms with Crippen molar-refractivity contribution in [2.75, 3.05) is 19.8 Å². The van der Waals surface area contributed by atoms with E-state index in [1.54, 1.807) is 6.08 Å². The lowest BCUT2D eigenvalue weighted by Gasteiger charge is -2.41. The quantitative estimate of drug-likeness (QED) is 0.648. The van der Waals surface area contributed by atoms with Gasteiger partial charge in [0.05, 0.1) is 5.57 Å². The largest absolute Gasteiger partial charge is 0.493 e. The number of allylic oxidation sites excluding steroid dienone is 2. The highest BCUT2D eigenvalue weighted by atomic mass is 16.5. The molecule has 0 radical (unpaired) electrons. The zero-order chi connectivity index (χ0) is 19.4. The van der Waals surface area contributed by atoms with Crippen molar-refractivity contribution < 1.29 is 14.3 Å². The van der Waals surface area contributed by atoms with Crippen LogP contribution in [0, 0.1) is 12.3 Å². The molecular formula is C24H32O3. The molecule has 1 spiro atoms. The van der Waals surface area contributed by atoms with Gasteiger partial charge in [0.25, 0.3) is 0 Å². The summed E-state index contributed by atoms with van der Waals surface area (Å²) in [6.45, 7) is 12.2. The second kappa shape index (κ2) is 8.43. The summed E-state index contributed by atoms with van der Waals surface area (Å²) in [6, 6.07) is 4.44. The Hall–Kier alpha value is -1.87. The molecule has 0 unspecified atom stereocenters. The molecule has 0 amide bonds. The van der Waals surface area contributed by atoms with Crippen LogP contribution in [0.15, 0.2) is 30.5 Å². The number of carbonyl (C=O) groups excluding carboxylic acids is 1. The Morgan fingerprint density at radius 1 is 1.15 bits per heavy atom. The van der Waals surface area contributed by atoms with E-state index in [0.717, 1.165) is 62.2 Å². The van der Waals surface area contributed by atoms with Crippen LogP contribution in [0.5, 0.6) is 0 Å². The van der Waals surface area contributed by atoms with E-state index in [4.69, 9.17) is 9.47 Å². The molecule has 2 aliphatic rings. The molecule has 1 aromatic rings. The van der Waals surface area contributed by atoms with Crippen LogP contribution < -0.4 is 0 Å². The molecule has 1 saturated heterocycles. The summed E-state index contributed by atoms with van der Waals surface area (Å²) in [5.74, 6) is 1.09. The molecule has 0 N–H and O–H groups in total. The molecule has 0 bridgehead atoms. The molecule has 3 heteroatoms. The van der Waals surface area contributed by atoms with Crippen LogP contribution in [0.2, 0.25) is 0 Å². The number of rotatable bonds is 6. The van der Waals surface area contributed by atoms with Crippen molar-refractivity contribution in [3.05, 3.63) is 52.8 Å². The molecule has 1 aromatic carbocycles. The molecule has 0 saturated carbocycles. The van der Waals surface area contributed by atoms with Gasteiger partial charge in [0, 0.05) is 26.1 Å². The Kier molecular flexibility index (Phi) is 6.21. The van der Waals surface area contributed by atoms with E-state index in [2.05, 4.69) is 39.5 Å². The molecule has 1 fully saturated rings. The fourth-order valence-electron chi connectivity index (χ4n) is 4.62. The number of ether oxygens (including phenoxy) is 2. The number of Topliss-reactive ketones (excluding diaryl/α,β-unsaturated/α-hetero) is 1. The van der Waals surface area contributed by atoms with E-state index in [-0.39, 0.29) is 11.2 Å². The maximum Gasteiger partial charge on any atom is 0.167 e. The van der Waals surface area contributed by atoms with Gasteiger partial charge < -0.3 is 9.47 Å². The molecular weight excluding hydrogens is 336 g/mol. The van der Waals surface area contributed by atoms with E-state index in [0.29, 0.717) is 13.0 Å². The summed E-state index contributed by atoms with van der Waals surface area (Å²) < 4.78 is 11.7. The van der Waals surface area contributed by atoms with Crippen molar-refractivity contribution in [1.82, 2.24) is 0 Å². The SMILES string of the molecule is C=CCOC1=C(c2c(CC)cc(C)cc2CC)C(=O)CC2(CCOCC2)C1. The molecule has 3 rings (SSSR count). The number of carbonyl (C=O) groups is 1. The summed E-state index contributed by atoms with van der Waals surface area (Å²) in [6.07, 6.45) is 6.88. The lowest BCUT2D eigenvalue weighted by Crippen LogP contribution is -2.36. The van der Waals surface area contributed by atoms with Crippen molar-refractivity contribution in [2.24, 2.45) is 5.41 Å². The fraction of sp³-hybridized carbons (Fsp3) is 0.542. The van der Waals surface area contributed by atoms with Gasteiger partial charge in [-0.15, -0.1) is 0 Å². The summed E-state index contributed by atoms with van der Waals surface area (Å²) in [5, 5.41) is 0. The predicted octanol–water partition coefficient (Wildman–Crippen LogP) is 5.19. The average Bonchev–Trinajstić information content (AvgIpc) is 2.66. The van der Waals surface area contributed by atoms with Gasteiger partial charge in [-0.05, 0) is 54.7 Å². The maximum absolute atomic E-state index is 13.5. The van der Waals surface area contributed by atoms with E-state index in [9.17, 15) is 4.79 Å². The Bertz CT molecular complexity index is 726. The van der Waals surface area contributed by atoms with E-state index < -0.39 is 0 Å². The van der Waals surface area contributed by atoms with Gasteiger partial charge in [0.15, 0.2) is 5.78 Å². The van der Waals surface area contributed by atoms with Crippen LogP contribution in [0.25, 0.3) is 5.57 Å². The van der Waals surface area contributed by atoms with Crippen LogP contribution >= 0.6 is 0 Å². The van der Waals surface area contributed by atoms with E-state index in [1.807, 2.05) is 0 Å². The average molecular weight is 369 g/mol. The minimum atomic E-state index is -0.00120. The molecule has 3 nitrogen and oxygen atoms in total. The van der Waals surface area contributed by atoms with Crippen molar-refractivity contribution in [3.8, 4) is 0 Å². The zero-order valence-corrected chi connectivity index (χ0v) is 17.0. The number of aryl methyl sites for hydroxylation is 3. The van der Waals surface area contributed by atoms with Gasteiger partial charge in [-0.3, -0.25) is 4.79 Å². The van der Waals surface area contributed by atoms with Gasteiger partial charge in [-0.2, -0.15) is 0 Å². The first kappa shape index (κ1) is 19.9. The second-order valence-electron chi connectivity index (χ2n) is 7.95. The first-order valence-corrected chi connectivity index (χ1v) is 10.2. The number of hydrogen-bond acceptors (Lipinski definition) is 3. The molecule has 27 heavy (non-hydrogen) atoms. The molecule has 1 aliphatic carbocycles. The second-order valence-corrected chi connectivity index (χ2v) is 7.95. The molecule has 1 heterocycles. The minimum absolute atomic E-state index is 0.00120. The molecule has 0 aromatic heterocycles. The normalized spacial score (nSPS) is 19.4. The maximum atomic E-state index is 13.5. The summed E-state index contributed by atoms with van der Waals surface area (Å²) >= 11 is 0. The van der Waals surface area contributed by atoms with E-state index in [1.165, 1.54) is 16.7 Å². The lowest BCUT2D eigenvalue weighted by molar-refractivity contribution is -0.119. The highest BCUT2D eigenvalue weighted by Crippen LogP contribution is 2.48. The third-order valence-corrected chi connectivity index (χ3v) is 6.02. The first-order chi connectivity index (χ1) is 13.0. The molecule has 1 aliphatic heterocycles. The summed E-state index contributed by atoms with van der Waals surface area (Å²) in [7, 11) is 0. The zero-order valence-electron chi connectivity index (χ0n) is 17.0. The topological polar surface area (TPSA) is 35.5 Å². The lowest BCUT2D eigenvalue weighted by atomic mass is 9.67. The molecule has 0 atom stereocenters. The van der Waals surface area contributed by atoms with Gasteiger partial charge in [0.1, 0.15) is 12.4 Å². The highest BCUT2D eigenvalue weighted by Gasteiger charge is 2.42. The minimum Gasteiger partial charge on any atom is -0.493 e. The Morgan fingerprint density at radius 3 is 2.33 bits per heavy atom. The number of hydrogen-bond donors (Lipinski definition) is 0. The third-order valence-electron chi connectivity index (χ3n) is 6.02. The van der Waals surface area contributed by atoms with Crippen molar-refractivity contribution in [1.29, 1.82) is 0 Å². The van der Waals surface area contributed by atoms with Crippen molar-refractivity contribution >= 4 is 11.4 Å². The van der Waals surface area contributed by atoms with Crippen LogP contribution in [0.4, 0.5) is 0 Å².